The Balaban J connectivity index is 1.31. The Kier molecular flexibility index (Phi) is 7.51. The van der Waals surface area contributed by atoms with Crippen LogP contribution in [0.25, 0.3) is 6.08 Å². The minimum Gasteiger partial charge on any atom is -0.381 e. The van der Waals surface area contributed by atoms with E-state index in [0.717, 1.165) is 55.2 Å². The number of hydrogen-bond acceptors (Lipinski definition) is 4. The minimum absolute atomic E-state index is 0.137. The Morgan fingerprint density at radius 3 is 2.72 bits per heavy atom. The van der Waals surface area contributed by atoms with Gasteiger partial charge in [-0.1, -0.05) is 51.8 Å². The summed E-state index contributed by atoms with van der Waals surface area (Å²) < 4.78 is 8.14. The highest BCUT2D eigenvalue weighted by Crippen LogP contribution is 2.62. The first-order valence-corrected chi connectivity index (χ1v) is 15.0. The van der Waals surface area contributed by atoms with Gasteiger partial charge in [0.2, 0.25) is 0 Å². The number of ketones is 1. The second kappa shape index (κ2) is 10.3. The van der Waals surface area contributed by atoms with Gasteiger partial charge in [0.1, 0.15) is 12.2 Å². The molecule has 8 atom stereocenters. The molecule has 3 saturated carbocycles. The zero-order valence-corrected chi connectivity index (χ0v) is 23.5. The third-order valence-electron chi connectivity index (χ3n) is 11.3. The minimum atomic E-state index is 0.137. The van der Waals surface area contributed by atoms with Crippen molar-refractivity contribution in [2.45, 2.75) is 105 Å². The summed E-state index contributed by atoms with van der Waals surface area (Å²) in [6.07, 6.45) is 16.5. The summed E-state index contributed by atoms with van der Waals surface area (Å²) in [5, 5.41) is 8.73. The largest absolute Gasteiger partial charge is 0.381 e. The molecule has 1 aromatic heterocycles. The Hall–Kier alpha value is -1.49. The van der Waals surface area contributed by atoms with Crippen molar-refractivity contribution in [3.63, 3.8) is 0 Å². The van der Waals surface area contributed by atoms with Crippen LogP contribution in [0.2, 0.25) is 0 Å². The molecule has 0 saturated heterocycles. The third-order valence-corrected chi connectivity index (χ3v) is 11.3. The zero-order chi connectivity index (χ0) is 25.5. The van der Waals surface area contributed by atoms with Crippen LogP contribution in [-0.4, -0.2) is 34.0 Å². The van der Waals surface area contributed by atoms with Gasteiger partial charge in [-0.25, -0.2) is 4.68 Å². The van der Waals surface area contributed by atoms with Gasteiger partial charge in [-0.3, -0.25) is 4.79 Å². The molecule has 0 aromatic carbocycles. The van der Waals surface area contributed by atoms with Crippen molar-refractivity contribution < 1.29 is 9.53 Å². The third kappa shape index (κ3) is 4.52. The molecule has 4 aliphatic rings. The van der Waals surface area contributed by atoms with Crippen LogP contribution in [0.4, 0.5) is 0 Å². The lowest BCUT2D eigenvalue weighted by Crippen LogP contribution is -2.50. The van der Waals surface area contributed by atoms with Gasteiger partial charge in [0.05, 0.1) is 12.3 Å². The van der Waals surface area contributed by atoms with Crippen molar-refractivity contribution in [1.82, 2.24) is 15.0 Å². The maximum absolute atomic E-state index is 13.7. The fourth-order valence-electron chi connectivity index (χ4n) is 9.04. The molecule has 5 nitrogen and oxygen atoms in total. The summed E-state index contributed by atoms with van der Waals surface area (Å²) in [5.74, 6) is 4.04. The number of carbonyl (C=O) groups excluding carboxylic acids is 1. The molecule has 5 rings (SSSR count). The molecular formula is C31H49N3O2. The van der Waals surface area contributed by atoms with Crippen molar-refractivity contribution in [3.05, 3.63) is 17.5 Å². The van der Waals surface area contributed by atoms with Gasteiger partial charge in [-0.15, -0.1) is 5.10 Å². The van der Waals surface area contributed by atoms with E-state index in [1.165, 1.54) is 51.4 Å². The quantitative estimate of drug-likeness (QED) is 0.400. The van der Waals surface area contributed by atoms with Gasteiger partial charge in [0.15, 0.2) is 5.78 Å². The number of ether oxygens (including phenoxy) is 1. The summed E-state index contributed by atoms with van der Waals surface area (Å²) >= 11 is 0. The molecule has 4 aliphatic carbocycles. The van der Waals surface area contributed by atoms with E-state index in [-0.39, 0.29) is 11.3 Å². The molecular weight excluding hydrogens is 446 g/mol. The predicted octanol–water partition coefficient (Wildman–Crippen LogP) is 6.75. The first-order chi connectivity index (χ1) is 17.3. The SMILES string of the molecule is CCOCC1(C2CCC3(C)C(CCC3C(=O)Cn3nnc4c3CC(C)C=C4)C2)CCC(C)CC1CC. The zero-order valence-electron chi connectivity index (χ0n) is 23.5. The van der Waals surface area contributed by atoms with Crippen LogP contribution in [0, 0.1) is 46.3 Å². The van der Waals surface area contributed by atoms with Crippen molar-refractivity contribution >= 4 is 11.9 Å². The van der Waals surface area contributed by atoms with E-state index >= 15 is 0 Å². The van der Waals surface area contributed by atoms with Crippen LogP contribution in [0.3, 0.4) is 0 Å². The topological polar surface area (TPSA) is 57.0 Å². The summed E-state index contributed by atoms with van der Waals surface area (Å²) in [5.41, 5.74) is 2.56. The smallest absolute Gasteiger partial charge is 0.157 e. The first-order valence-electron chi connectivity index (χ1n) is 15.0. The van der Waals surface area contributed by atoms with Gasteiger partial charge < -0.3 is 4.74 Å². The molecule has 0 amide bonds. The van der Waals surface area contributed by atoms with Gasteiger partial charge in [0, 0.05) is 12.5 Å². The predicted molar refractivity (Wildman–Crippen MR) is 144 cm³/mol. The van der Waals surface area contributed by atoms with Gasteiger partial charge in [0.25, 0.3) is 0 Å². The maximum Gasteiger partial charge on any atom is 0.157 e. The molecule has 0 spiro atoms. The van der Waals surface area contributed by atoms with E-state index < -0.39 is 0 Å². The Morgan fingerprint density at radius 2 is 1.94 bits per heavy atom. The fraction of sp³-hybridized carbons (Fsp3) is 0.839. The lowest BCUT2D eigenvalue weighted by molar-refractivity contribution is -0.131. The lowest BCUT2D eigenvalue weighted by Gasteiger charge is -2.55. The lowest BCUT2D eigenvalue weighted by atomic mass is 9.51. The second-order valence-corrected chi connectivity index (χ2v) is 13.2. The Labute approximate surface area is 218 Å². The average molecular weight is 496 g/mol. The van der Waals surface area contributed by atoms with Crippen LogP contribution in [-0.2, 0) is 22.5 Å². The molecule has 0 N–H and O–H groups in total. The van der Waals surface area contributed by atoms with E-state index in [9.17, 15) is 4.79 Å². The number of carbonyl (C=O) groups is 1. The number of nitrogens with zero attached hydrogens (tertiary/aromatic N) is 3. The van der Waals surface area contributed by atoms with Crippen LogP contribution in [0.5, 0.6) is 0 Å². The van der Waals surface area contributed by atoms with E-state index in [0.29, 0.717) is 29.6 Å². The average Bonchev–Trinajstić information content (AvgIpc) is 3.42. The number of hydrogen-bond donors (Lipinski definition) is 0. The first kappa shape index (κ1) is 26.1. The summed E-state index contributed by atoms with van der Waals surface area (Å²) in [6, 6.07) is 0. The number of Topliss-reactive ketones (excluding diaryl/α,β-unsaturated/α-hetero) is 1. The molecule has 0 aliphatic heterocycles. The second-order valence-electron chi connectivity index (χ2n) is 13.2. The molecule has 200 valence electrons. The van der Waals surface area contributed by atoms with E-state index in [1.54, 1.807) is 0 Å². The van der Waals surface area contributed by atoms with Crippen LogP contribution in [0.1, 0.15) is 104 Å². The number of allylic oxidation sites excluding steroid dienone is 1. The van der Waals surface area contributed by atoms with Crippen molar-refractivity contribution in [1.29, 1.82) is 0 Å². The number of aromatic nitrogens is 3. The summed E-state index contributed by atoms with van der Waals surface area (Å²) in [6.45, 7) is 13.8. The highest BCUT2D eigenvalue weighted by molar-refractivity contribution is 5.82. The fourth-order valence-corrected chi connectivity index (χ4v) is 9.04. The van der Waals surface area contributed by atoms with Crippen molar-refractivity contribution in [2.24, 2.45) is 46.3 Å². The van der Waals surface area contributed by atoms with Crippen molar-refractivity contribution in [2.75, 3.05) is 13.2 Å². The molecule has 1 heterocycles. The Morgan fingerprint density at radius 1 is 1.11 bits per heavy atom. The standard InChI is InChI=1S/C31H49N3O2/c1-6-23-16-22(4)12-15-31(23,20-36-7-2)25-13-14-30(5)24(18-25)9-10-26(30)29(35)19-34-28-17-21(3)8-11-27(28)32-33-34/h8,11,21-26H,6-7,9-10,12-20H2,1-5H3. The van der Waals surface area contributed by atoms with Crippen LogP contribution >= 0.6 is 0 Å². The molecule has 36 heavy (non-hydrogen) atoms. The highest BCUT2D eigenvalue weighted by Gasteiger charge is 2.56. The molecule has 0 bridgehead atoms. The maximum atomic E-state index is 13.7. The molecule has 1 aromatic rings. The van der Waals surface area contributed by atoms with Gasteiger partial charge >= 0.3 is 0 Å². The van der Waals surface area contributed by atoms with Crippen LogP contribution < -0.4 is 0 Å². The molecule has 3 fully saturated rings. The van der Waals surface area contributed by atoms with Crippen molar-refractivity contribution in [3.8, 4) is 0 Å². The van der Waals surface area contributed by atoms with Gasteiger partial charge in [-0.05, 0) is 105 Å². The van der Waals surface area contributed by atoms with E-state index in [2.05, 4.69) is 57.1 Å². The van der Waals surface area contributed by atoms with E-state index in [4.69, 9.17) is 4.74 Å². The number of fused-ring (bicyclic) bond motifs is 2. The normalized spacial score (nSPS) is 40.1. The Bertz CT molecular complexity index is 965. The molecule has 8 unspecified atom stereocenters. The van der Waals surface area contributed by atoms with Crippen LogP contribution in [0.15, 0.2) is 6.08 Å². The summed E-state index contributed by atoms with van der Waals surface area (Å²) in [7, 11) is 0. The molecule has 0 radical (unpaired) electrons. The monoisotopic (exact) mass is 495 g/mol. The van der Waals surface area contributed by atoms with E-state index in [1.807, 2.05) is 4.68 Å². The highest BCUT2D eigenvalue weighted by atomic mass is 16.5. The molecule has 5 heteroatoms. The van der Waals surface area contributed by atoms with Gasteiger partial charge in [-0.2, -0.15) is 0 Å². The summed E-state index contributed by atoms with van der Waals surface area (Å²) in [4.78, 5) is 13.7. The number of rotatable bonds is 8.